The van der Waals surface area contributed by atoms with Crippen molar-refractivity contribution in [2.24, 2.45) is 0 Å². The van der Waals surface area contributed by atoms with Gasteiger partial charge in [0.1, 0.15) is 0 Å². The Morgan fingerprint density at radius 1 is 1.33 bits per heavy atom. The molecule has 4 heteroatoms. The van der Waals surface area contributed by atoms with Crippen LogP contribution in [0.5, 0.6) is 0 Å². The Bertz CT molecular complexity index is 303. The Hall–Kier alpha value is -0.610. The zero-order valence-corrected chi connectivity index (χ0v) is 12.0. The lowest BCUT2D eigenvalue weighted by atomic mass is 9.97. The van der Waals surface area contributed by atoms with Gasteiger partial charge in [0.2, 0.25) is 5.91 Å². The second kappa shape index (κ2) is 5.57. The van der Waals surface area contributed by atoms with E-state index in [2.05, 4.69) is 17.3 Å². The Morgan fingerprint density at radius 3 is 2.83 bits per heavy atom. The van der Waals surface area contributed by atoms with Gasteiger partial charge < -0.3 is 15.1 Å². The molecule has 2 saturated heterocycles. The maximum atomic E-state index is 12.3. The van der Waals surface area contributed by atoms with Crippen molar-refractivity contribution in [3.8, 4) is 0 Å². The summed E-state index contributed by atoms with van der Waals surface area (Å²) in [6.45, 7) is 7.87. The molecule has 2 rings (SSSR count). The summed E-state index contributed by atoms with van der Waals surface area (Å²) in [5, 5.41) is 3.28. The molecule has 18 heavy (non-hydrogen) atoms. The highest BCUT2D eigenvalue weighted by Crippen LogP contribution is 2.19. The summed E-state index contributed by atoms with van der Waals surface area (Å²) in [5.74, 6) is 0.257. The van der Waals surface area contributed by atoms with E-state index in [1.165, 1.54) is 25.8 Å². The smallest absolute Gasteiger partial charge is 0.242 e. The van der Waals surface area contributed by atoms with Crippen molar-refractivity contribution in [2.75, 3.05) is 33.2 Å². The van der Waals surface area contributed by atoms with Crippen LogP contribution in [0.25, 0.3) is 0 Å². The average molecular weight is 253 g/mol. The maximum absolute atomic E-state index is 12.3. The van der Waals surface area contributed by atoms with Crippen LogP contribution in [0.4, 0.5) is 0 Å². The van der Waals surface area contributed by atoms with Crippen molar-refractivity contribution in [1.29, 1.82) is 0 Å². The van der Waals surface area contributed by atoms with Gasteiger partial charge >= 0.3 is 0 Å². The molecule has 2 aliphatic heterocycles. The first-order valence-corrected chi connectivity index (χ1v) is 7.25. The molecule has 0 aromatic heterocycles. The standard InChI is InChI=1S/C14H27N3O/c1-14(2)13(18)17(11-8-15-14)10-7-12-6-4-5-9-16(12)3/h12,15H,4-11H2,1-3H3. The molecule has 0 radical (unpaired) electrons. The third kappa shape index (κ3) is 3.04. The van der Waals surface area contributed by atoms with Crippen LogP contribution in [-0.4, -0.2) is 60.5 Å². The summed E-state index contributed by atoms with van der Waals surface area (Å²) < 4.78 is 0. The molecule has 4 nitrogen and oxygen atoms in total. The van der Waals surface area contributed by atoms with Crippen LogP contribution in [-0.2, 0) is 4.79 Å². The summed E-state index contributed by atoms with van der Waals surface area (Å²) in [4.78, 5) is 16.8. The number of nitrogens with zero attached hydrogens (tertiary/aromatic N) is 2. The molecule has 1 atom stereocenters. The molecule has 0 aromatic carbocycles. The van der Waals surface area contributed by atoms with E-state index in [0.717, 1.165) is 26.1 Å². The van der Waals surface area contributed by atoms with Crippen molar-refractivity contribution >= 4 is 5.91 Å². The van der Waals surface area contributed by atoms with Crippen molar-refractivity contribution in [1.82, 2.24) is 15.1 Å². The highest BCUT2D eigenvalue weighted by Gasteiger charge is 2.35. The molecule has 0 aliphatic carbocycles. The zero-order valence-electron chi connectivity index (χ0n) is 12.0. The van der Waals surface area contributed by atoms with Gasteiger partial charge in [-0.05, 0) is 46.7 Å². The molecule has 2 fully saturated rings. The van der Waals surface area contributed by atoms with Gasteiger partial charge in [0.15, 0.2) is 0 Å². The van der Waals surface area contributed by atoms with E-state index in [4.69, 9.17) is 0 Å². The van der Waals surface area contributed by atoms with Crippen LogP contribution in [0, 0.1) is 0 Å². The van der Waals surface area contributed by atoms with E-state index < -0.39 is 0 Å². The summed E-state index contributed by atoms with van der Waals surface area (Å²) in [5.41, 5.74) is -0.378. The SMILES string of the molecule is CN1CCCCC1CCN1CCNC(C)(C)C1=O. The number of nitrogens with one attached hydrogen (secondary N) is 1. The number of carbonyl (C=O) groups is 1. The number of carbonyl (C=O) groups excluding carboxylic acids is 1. The first-order chi connectivity index (χ1) is 8.50. The van der Waals surface area contributed by atoms with E-state index in [0.29, 0.717) is 6.04 Å². The third-order valence-electron chi connectivity index (χ3n) is 4.42. The van der Waals surface area contributed by atoms with Crippen LogP contribution in [0.1, 0.15) is 39.5 Å². The van der Waals surface area contributed by atoms with Gasteiger partial charge in [-0.2, -0.15) is 0 Å². The Morgan fingerprint density at radius 2 is 2.11 bits per heavy atom. The molecular formula is C14H27N3O. The van der Waals surface area contributed by atoms with Gasteiger partial charge in [-0.3, -0.25) is 4.79 Å². The van der Waals surface area contributed by atoms with Crippen molar-refractivity contribution in [3.63, 3.8) is 0 Å². The minimum absolute atomic E-state index is 0.257. The monoisotopic (exact) mass is 253 g/mol. The van der Waals surface area contributed by atoms with Gasteiger partial charge in [-0.15, -0.1) is 0 Å². The zero-order chi connectivity index (χ0) is 13.2. The second-order valence-corrected chi connectivity index (χ2v) is 6.26. The fourth-order valence-corrected chi connectivity index (χ4v) is 3.10. The summed E-state index contributed by atoms with van der Waals surface area (Å²) in [7, 11) is 2.22. The topological polar surface area (TPSA) is 35.6 Å². The number of hydrogen-bond acceptors (Lipinski definition) is 3. The summed E-state index contributed by atoms with van der Waals surface area (Å²) >= 11 is 0. The van der Waals surface area contributed by atoms with E-state index in [-0.39, 0.29) is 11.4 Å². The van der Waals surface area contributed by atoms with Gasteiger partial charge in [0, 0.05) is 25.7 Å². The van der Waals surface area contributed by atoms with Gasteiger partial charge in [-0.25, -0.2) is 0 Å². The maximum Gasteiger partial charge on any atom is 0.242 e. The van der Waals surface area contributed by atoms with Gasteiger partial charge in [0.05, 0.1) is 5.54 Å². The first kappa shape index (κ1) is 13.8. The normalized spacial score (nSPS) is 29.6. The number of amides is 1. The lowest BCUT2D eigenvalue weighted by Crippen LogP contribution is -2.61. The van der Waals surface area contributed by atoms with Gasteiger partial charge in [0.25, 0.3) is 0 Å². The average Bonchev–Trinajstić information content (AvgIpc) is 2.33. The molecule has 1 N–H and O–H groups in total. The number of likely N-dealkylation sites (tertiary alicyclic amines) is 1. The quantitative estimate of drug-likeness (QED) is 0.817. The molecule has 0 bridgehead atoms. The summed E-state index contributed by atoms with van der Waals surface area (Å²) in [6, 6.07) is 0.671. The van der Waals surface area contributed by atoms with E-state index in [1.54, 1.807) is 0 Å². The Labute approximate surface area is 111 Å². The second-order valence-electron chi connectivity index (χ2n) is 6.26. The van der Waals surface area contributed by atoms with Crippen LogP contribution >= 0.6 is 0 Å². The minimum Gasteiger partial charge on any atom is -0.340 e. The van der Waals surface area contributed by atoms with Crippen LogP contribution in [0.3, 0.4) is 0 Å². The number of rotatable bonds is 3. The summed E-state index contributed by atoms with van der Waals surface area (Å²) in [6.07, 6.45) is 5.08. The lowest BCUT2D eigenvalue weighted by Gasteiger charge is -2.40. The third-order valence-corrected chi connectivity index (χ3v) is 4.42. The van der Waals surface area contributed by atoms with E-state index in [1.807, 2.05) is 18.7 Å². The molecule has 1 unspecified atom stereocenters. The molecular weight excluding hydrogens is 226 g/mol. The molecule has 0 aromatic rings. The highest BCUT2D eigenvalue weighted by atomic mass is 16.2. The van der Waals surface area contributed by atoms with Crippen molar-refractivity contribution in [3.05, 3.63) is 0 Å². The highest BCUT2D eigenvalue weighted by molar-refractivity contribution is 5.86. The largest absolute Gasteiger partial charge is 0.340 e. The predicted molar refractivity (Wildman–Crippen MR) is 73.5 cm³/mol. The number of piperazine rings is 1. The molecule has 2 heterocycles. The minimum atomic E-state index is -0.378. The molecule has 2 aliphatic rings. The van der Waals surface area contributed by atoms with Crippen molar-refractivity contribution in [2.45, 2.75) is 51.1 Å². The van der Waals surface area contributed by atoms with Gasteiger partial charge in [-0.1, -0.05) is 6.42 Å². The fraction of sp³-hybridized carbons (Fsp3) is 0.929. The number of piperidine rings is 1. The van der Waals surface area contributed by atoms with Crippen LogP contribution in [0.15, 0.2) is 0 Å². The van der Waals surface area contributed by atoms with E-state index in [9.17, 15) is 4.79 Å². The first-order valence-electron chi connectivity index (χ1n) is 7.25. The number of hydrogen-bond donors (Lipinski definition) is 1. The Kier molecular flexibility index (Phi) is 4.28. The lowest BCUT2D eigenvalue weighted by molar-refractivity contribution is -0.140. The molecule has 0 saturated carbocycles. The van der Waals surface area contributed by atoms with Crippen molar-refractivity contribution < 1.29 is 4.79 Å². The fourth-order valence-electron chi connectivity index (χ4n) is 3.10. The predicted octanol–water partition coefficient (Wildman–Crippen LogP) is 1.07. The van der Waals surface area contributed by atoms with E-state index >= 15 is 0 Å². The molecule has 104 valence electrons. The van der Waals surface area contributed by atoms with Crippen LogP contribution in [0.2, 0.25) is 0 Å². The molecule has 0 spiro atoms. The Balaban J connectivity index is 1.84. The van der Waals surface area contributed by atoms with Crippen LogP contribution < -0.4 is 5.32 Å². The molecule has 1 amide bonds.